The molecule has 2 heterocycles. The van der Waals surface area contributed by atoms with Gasteiger partial charge in [-0.2, -0.15) is 4.98 Å². The Labute approximate surface area is 161 Å². The molecule has 0 bridgehead atoms. The number of phenols is 1. The molecule has 0 aliphatic rings. The number of thiophene rings is 1. The van der Waals surface area contributed by atoms with Gasteiger partial charge in [0.2, 0.25) is 5.88 Å². The maximum atomic E-state index is 12.8. The monoisotopic (exact) mass is 383 g/mol. The Morgan fingerprint density at radius 3 is 2.67 bits per heavy atom. The Hall–Kier alpha value is -3.06. The first-order chi connectivity index (χ1) is 12.9. The largest absolute Gasteiger partial charge is 0.508 e. The zero-order valence-corrected chi connectivity index (χ0v) is 15.9. The first-order valence-electron chi connectivity index (χ1n) is 8.50. The number of benzene rings is 1. The molecule has 140 valence electrons. The van der Waals surface area contributed by atoms with Crippen LogP contribution in [0.15, 0.2) is 53.9 Å². The number of carbonyl (C=O) groups is 1. The van der Waals surface area contributed by atoms with Crippen LogP contribution in [0.25, 0.3) is 0 Å². The summed E-state index contributed by atoms with van der Waals surface area (Å²) in [6, 6.07) is 13.5. The average molecular weight is 383 g/mol. The number of carbonyl (C=O) groups excluding carboxylic acids is 1. The number of hydrogen-bond acceptors (Lipinski definition) is 6. The van der Waals surface area contributed by atoms with Crippen molar-refractivity contribution in [3.05, 3.63) is 69.9 Å². The van der Waals surface area contributed by atoms with E-state index < -0.39 is 6.04 Å². The van der Waals surface area contributed by atoms with Crippen molar-refractivity contribution in [3.8, 4) is 11.6 Å². The van der Waals surface area contributed by atoms with Gasteiger partial charge < -0.3 is 20.9 Å². The number of nitrogens with two attached hydrogens (primary N) is 1. The second kappa shape index (κ2) is 8.09. The summed E-state index contributed by atoms with van der Waals surface area (Å²) in [5, 5.41) is 14.7. The summed E-state index contributed by atoms with van der Waals surface area (Å²) in [4.78, 5) is 17.9. The molecule has 0 spiro atoms. The summed E-state index contributed by atoms with van der Waals surface area (Å²) in [6.45, 7) is 3.78. The smallest absolute Gasteiger partial charge is 0.255 e. The molecule has 0 saturated heterocycles. The molecule has 27 heavy (non-hydrogen) atoms. The number of phenolic OH excluding ortho intramolecular Hbond substituents is 1. The van der Waals surface area contributed by atoms with E-state index in [9.17, 15) is 9.90 Å². The molecule has 0 radical (unpaired) electrons. The predicted molar refractivity (Wildman–Crippen MR) is 106 cm³/mol. The molecule has 1 atom stereocenters. The fraction of sp³-hybridized carbons (Fsp3) is 0.200. The Morgan fingerprint density at radius 1 is 1.22 bits per heavy atom. The molecule has 4 N–H and O–H groups in total. The van der Waals surface area contributed by atoms with Crippen molar-refractivity contribution in [2.75, 3.05) is 5.73 Å². The molecule has 3 aromatic rings. The Bertz CT molecular complexity index is 926. The van der Waals surface area contributed by atoms with E-state index in [1.165, 1.54) is 11.3 Å². The van der Waals surface area contributed by atoms with Crippen molar-refractivity contribution in [2.24, 2.45) is 0 Å². The number of nitrogen functional groups attached to an aromatic ring is 1. The molecular formula is C20H21N3O3S. The van der Waals surface area contributed by atoms with Crippen LogP contribution in [0.1, 0.15) is 40.7 Å². The van der Waals surface area contributed by atoms with Gasteiger partial charge in [-0.25, -0.2) is 0 Å². The first-order valence-corrected chi connectivity index (χ1v) is 9.38. The van der Waals surface area contributed by atoms with E-state index in [-0.39, 0.29) is 29.1 Å². The van der Waals surface area contributed by atoms with Crippen LogP contribution in [0.5, 0.6) is 11.6 Å². The van der Waals surface area contributed by atoms with Crippen LogP contribution in [0.4, 0.5) is 5.82 Å². The van der Waals surface area contributed by atoms with Crippen LogP contribution >= 0.6 is 11.3 Å². The summed E-state index contributed by atoms with van der Waals surface area (Å²) in [5.74, 6) is 0.269. The molecule has 3 rings (SSSR count). The molecular weight excluding hydrogens is 362 g/mol. The minimum absolute atomic E-state index is 0.0365. The lowest BCUT2D eigenvalue weighted by Gasteiger charge is -2.19. The fourth-order valence-corrected chi connectivity index (χ4v) is 3.45. The highest BCUT2D eigenvalue weighted by molar-refractivity contribution is 7.10. The SMILES string of the molecule is CC(C)Oc1ccc(C(=O)NC(c2cccc(O)c2)c2cccs2)c(N)n1. The number of amides is 1. The van der Waals surface area contributed by atoms with Gasteiger partial charge in [0.15, 0.2) is 0 Å². The summed E-state index contributed by atoms with van der Waals surface area (Å²) < 4.78 is 5.50. The maximum absolute atomic E-state index is 12.8. The molecule has 1 aromatic carbocycles. The molecule has 0 aliphatic carbocycles. The number of nitrogens with zero attached hydrogens (tertiary/aromatic N) is 1. The second-order valence-electron chi connectivity index (χ2n) is 6.27. The van der Waals surface area contributed by atoms with E-state index >= 15 is 0 Å². The van der Waals surface area contributed by atoms with Crippen molar-refractivity contribution in [2.45, 2.75) is 26.0 Å². The second-order valence-corrected chi connectivity index (χ2v) is 7.25. The number of aromatic hydroxyl groups is 1. The Morgan fingerprint density at radius 2 is 2.04 bits per heavy atom. The highest BCUT2D eigenvalue weighted by atomic mass is 32.1. The molecule has 1 unspecified atom stereocenters. The lowest BCUT2D eigenvalue weighted by atomic mass is 10.0. The van der Waals surface area contributed by atoms with Gasteiger partial charge in [-0.15, -0.1) is 11.3 Å². The standard InChI is InChI=1S/C20H21N3O3S/c1-12(2)26-17-9-8-15(19(21)22-17)20(25)23-18(16-7-4-10-27-16)13-5-3-6-14(24)11-13/h3-12,18,24H,1-2H3,(H2,21,22)(H,23,25). The molecule has 0 aliphatic heterocycles. The average Bonchev–Trinajstić information content (AvgIpc) is 3.13. The zero-order valence-electron chi connectivity index (χ0n) is 15.0. The first kappa shape index (κ1) is 18.7. The molecule has 0 fully saturated rings. The summed E-state index contributed by atoms with van der Waals surface area (Å²) >= 11 is 1.52. The number of rotatable bonds is 6. The topological polar surface area (TPSA) is 97.5 Å². The molecule has 7 heteroatoms. The van der Waals surface area contributed by atoms with Gasteiger partial charge in [-0.1, -0.05) is 18.2 Å². The van der Waals surface area contributed by atoms with Crippen LogP contribution in [-0.2, 0) is 0 Å². The van der Waals surface area contributed by atoms with E-state index in [1.807, 2.05) is 37.4 Å². The lowest BCUT2D eigenvalue weighted by Crippen LogP contribution is -2.29. The van der Waals surface area contributed by atoms with Gasteiger partial charge in [0.05, 0.1) is 17.7 Å². The highest BCUT2D eigenvalue weighted by Crippen LogP contribution is 2.29. The number of anilines is 1. The fourth-order valence-electron chi connectivity index (χ4n) is 2.64. The van der Waals surface area contributed by atoms with Gasteiger partial charge in [0.1, 0.15) is 11.6 Å². The molecule has 2 aromatic heterocycles. The molecule has 0 saturated carbocycles. The normalized spacial score (nSPS) is 12.0. The van der Waals surface area contributed by atoms with Crippen molar-refractivity contribution < 1.29 is 14.6 Å². The van der Waals surface area contributed by atoms with Crippen molar-refractivity contribution in [1.82, 2.24) is 10.3 Å². The van der Waals surface area contributed by atoms with Crippen molar-refractivity contribution in [3.63, 3.8) is 0 Å². The Balaban J connectivity index is 1.87. The third-order valence-corrected chi connectivity index (χ3v) is 4.74. The third-order valence-electron chi connectivity index (χ3n) is 3.81. The van der Waals surface area contributed by atoms with Gasteiger partial charge in [-0.3, -0.25) is 4.79 Å². The minimum Gasteiger partial charge on any atom is -0.508 e. The van der Waals surface area contributed by atoms with E-state index in [0.717, 1.165) is 10.4 Å². The summed E-state index contributed by atoms with van der Waals surface area (Å²) in [6.07, 6.45) is -0.0365. The van der Waals surface area contributed by atoms with Crippen molar-refractivity contribution in [1.29, 1.82) is 0 Å². The zero-order chi connectivity index (χ0) is 19.4. The Kier molecular flexibility index (Phi) is 5.61. The minimum atomic E-state index is -0.407. The van der Waals surface area contributed by atoms with Gasteiger partial charge in [0.25, 0.3) is 5.91 Å². The van der Waals surface area contributed by atoms with E-state index in [1.54, 1.807) is 30.3 Å². The number of aromatic nitrogens is 1. The van der Waals surface area contributed by atoms with E-state index in [0.29, 0.717) is 5.88 Å². The van der Waals surface area contributed by atoms with Crippen LogP contribution in [0, 0.1) is 0 Å². The third kappa shape index (κ3) is 4.57. The predicted octanol–water partition coefficient (Wildman–Crippen LogP) is 3.74. The number of hydrogen-bond donors (Lipinski definition) is 3. The van der Waals surface area contributed by atoms with E-state index in [2.05, 4.69) is 10.3 Å². The maximum Gasteiger partial charge on any atom is 0.255 e. The van der Waals surface area contributed by atoms with Crippen LogP contribution in [-0.4, -0.2) is 22.1 Å². The summed E-state index contributed by atoms with van der Waals surface area (Å²) in [7, 11) is 0. The van der Waals surface area contributed by atoms with Crippen LogP contribution in [0.3, 0.4) is 0 Å². The van der Waals surface area contributed by atoms with E-state index in [4.69, 9.17) is 10.5 Å². The number of nitrogens with one attached hydrogen (secondary N) is 1. The van der Waals surface area contributed by atoms with Gasteiger partial charge in [-0.05, 0) is 49.1 Å². The van der Waals surface area contributed by atoms with Crippen molar-refractivity contribution >= 4 is 23.1 Å². The quantitative estimate of drug-likeness (QED) is 0.602. The number of pyridine rings is 1. The summed E-state index contributed by atoms with van der Waals surface area (Å²) in [5.41, 5.74) is 7.01. The lowest BCUT2D eigenvalue weighted by molar-refractivity contribution is 0.0944. The molecule has 1 amide bonds. The van der Waals surface area contributed by atoms with Crippen LogP contribution in [0.2, 0.25) is 0 Å². The molecule has 6 nitrogen and oxygen atoms in total. The van der Waals surface area contributed by atoms with Crippen LogP contribution < -0.4 is 15.8 Å². The highest BCUT2D eigenvalue weighted by Gasteiger charge is 2.21. The number of ether oxygens (including phenoxy) is 1. The van der Waals surface area contributed by atoms with Gasteiger partial charge >= 0.3 is 0 Å². The van der Waals surface area contributed by atoms with Gasteiger partial charge in [0, 0.05) is 10.9 Å².